The highest BCUT2D eigenvalue weighted by Crippen LogP contribution is 2.32. The fraction of sp³-hybridized carbons (Fsp3) is 0.500. The van der Waals surface area contributed by atoms with E-state index in [1.807, 2.05) is 11.0 Å². The number of fused-ring (bicyclic) bond motifs is 1. The predicted molar refractivity (Wildman–Crippen MR) is 100 cm³/mol. The average molecular weight is 360 g/mol. The molecule has 3 amide bonds. The monoisotopic (exact) mass is 360 g/mol. The molecule has 3 unspecified atom stereocenters. The number of amidine groups is 1. The van der Waals surface area contributed by atoms with Crippen LogP contribution in [0.5, 0.6) is 0 Å². The van der Waals surface area contributed by atoms with Gasteiger partial charge in [-0.05, 0) is 18.9 Å². The number of hydrogen-bond acceptors (Lipinski definition) is 5. The van der Waals surface area contributed by atoms with Crippen molar-refractivity contribution in [3.63, 3.8) is 0 Å². The van der Waals surface area contributed by atoms with E-state index in [4.69, 9.17) is 4.99 Å². The van der Waals surface area contributed by atoms with Crippen molar-refractivity contribution in [1.29, 1.82) is 0 Å². The van der Waals surface area contributed by atoms with Crippen molar-refractivity contribution in [2.45, 2.75) is 51.2 Å². The van der Waals surface area contributed by atoms with Gasteiger partial charge in [0.2, 0.25) is 0 Å². The minimum absolute atomic E-state index is 0.274. The van der Waals surface area contributed by atoms with E-state index >= 15 is 0 Å². The summed E-state index contributed by atoms with van der Waals surface area (Å²) in [6, 6.07) is 7.39. The fourth-order valence-corrected chi connectivity index (χ4v) is 4.04. The Labute approximate surface area is 152 Å². The van der Waals surface area contributed by atoms with Crippen LogP contribution in [0, 0.1) is 6.92 Å². The van der Waals surface area contributed by atoms with E-state index in [9.17, 15) is 9.59 Å². The van der Waals surface area contributed by atoms with E-state index in [1.165, 1.54) is 10.5 Å². The number of imide groups is 1. The van der Waals surface area contributed by atoms with Crippen LogP contribution in [-0.2, 0) is 11.3 Å². The molecular weight excluding hydrogens is 336 g/mol. The summed E-state index contributed by atoms with van der Waals surface area (Å²) in [4.78, 5) is 32.7. The molecule has 3 atom stereocenters. The third-order valence-electron chi connectivity index (χ3n) is 4.64. The third-order valence-corrected chi connectivity index (χ3v) is 5.93. The van der Waals surface area contributed by atoms with Gasteiger partial charge in [-0.2, -0.15) is 0 Å². The molecule has 3 rings (SSSR count). The van der Waals surface area contributed by atoms with Crippen LogP contribution in [0.4, 0.5) is 4.79 Å². The lowest BCUT2D eigenvalue weighted by Crippen LogP contribution is -2.63. The number of hydrogen-bond donors (Lipinski definition) is 1. The molecule has 0 radical (unpaired) electrons. The van der Waals surface area contributed by atoms with Crippen LogP contribution >= 0.6 is 11.8 Å². The van der Waals surface area contributed by atoms with Gasteiger partial charge in [-0.3, -0.25) is 10.1 Å². The van der Waals surface area contributed by atoms with Crippen molar-refractivity contribution in [3.05, 3.63) is 35.4 Å². The van der Waals surface area contributed by atoms with Gasteiger partial charge in [-0.15, -0.1) is 0 Å². The summed E-state index contributed by atoms with van der Waals surface area (Å²) in [5.41, 5.74) is 2.31. The van der Waals surface area contributed by atoms with Gasteiger partial charge in [-0.1, -0.05) is 55.4 Å². The number of nitrogens with zero attached hydrogens (tertiary/aromatic N) is 3. The maximum Gasteiger partial charge on any atom is 0.325 e. The maximum atomic E-state index is 12.5. The number of aliphatic imine (C=N–C) groups is 1. The lowest BCUT2D eigenvalue weighted by molar-refractivity contribution is -0.127. The first-order valence-electron chi connectivity index (χ1n) is 8.55. The molecular formula is C18H24N4O2S. The number of likely N-dealkylation sites (N-methyl/N-ethyl adjacent to an activating group) is 1. The summed E-state index contributed by atoms with van der Waals surface area (Å²) in [6.45, 7) is 6.93. The molecule has 1 aromatic carbocycles. The quantitative estimate of drug-likeness (QED) is 0.896. The van der Waals surface area contributed by atoms with Gasteiger partial charge in [0, 0.05) is 18.8 Å². The van der Waals surface area contributed by atoms with Crippen molar-refractivity contribution in [2.24, 2.45) is 4.99 Å². The highest BCUT2D eigenvalue weighted by atomic mass is 32.2. The van der Waals surface area contributed by atoms with Crippen LogP contribution in [0.25, 0.3) is 0 Å². The Hall–Kier alpha value is -2.02. The lowest BCUT2D eigenvalue weighted by Gasteiger charge is -2.36. The minimum atomic E-state index is -0.477. The number of aryl methyl sites for hydroxylation is 1. The molecule has 25 heavy (non-hydrogen) atoms. The molecule has 0 spiro atoms. The summed E-state index contributed by atoms with van der Waals surface area (Å²) < 4.78 is 0. The number of carbonyl (C=O) groups is 2. The van der Waals surface area contributed by atoms with Gasteiger partial charge in [0.05, 0.1) is 0 Å². The van der Waals surface area contributed by atoms with Gasteiger partial charge in [0.25, 0.3) is 5.91 Å². The Morgan fingerprint density at radius 3 is 2.80 bits per heavy atom. The largest absolute Gasteiger partial charge is 0.331 e. The number of benzene rings is 1. The van der Waals surface area contributed by atoms with Gasteiger partial charge in [0.15, 0.2) is 17.4 Å². The Kier molecular flexibility index (Phi) is 5.03. The molecule has 1 saturated heterocycles. The SMILES string of the molecule is CCC(C)SC1=NC2C(C(=O)NC(=O)N2C)N1Cc1cccc(C)c1. The maximum absolute atomic E-state index is 12.5. The van der Waals surface area contributed by atoms with Crippen molar-refractivity contribution in [3.8, 4) is 0 Å². The van der Waals surface area contributed by atoms with E-state index < -0.39 is 12.2 Å². The number of rotatable bonds is 4. The van der Waals surface area contributed by atoms with Crippen LogP contribution in [0.3, 0.4) is 0 Å². The molecule has 0 aromatic heterocycles. The summed E-state index contributed by atoms with van der Waals surface area (Å²) in [7, 11) is 1.69. The summed E-state index contributed by atoms with van der Waals surface area (Å²) in [5.74, 6) is -0.274. The highest BCUT2D eigenvalue weighted by molar-refractivity contribution is 8.14. The van der Waals surface area contributed by atoms with Gasteiger partial charge in [-0.25, -0.2) is 9.79 Å². The number of amides is 3. The molecule has 1 aromatic rings. The zero-order chi connectivity index (χ0) is 18.1. The molecule has 2 aliphatic heterocycles. The van der Waals surface area contributed by atoms with E-state index in [0.717, 1.165) is 17.2 Å². The zero-order valence-electron chi connectivity index (χ0n) is 15.0. The van der Waals surface area contributed by atoms with Crippen LogP contribution in [-0.4, -0.2) is 51.4 Å². The van der Waals surface area contributed by atoms with Crippen molar-refractivity contribution >= 4 is 28.9 Å². The van der Waals surface area contributed by atoms with Crippen LogP contribution < -0.4 is 5.32 Å². The van der Waals surface area contributed by atoms with E-state index in [0.29, 0.717) is 11.8 Å². The number of thioether (sulfide) groups is 1. The molecule has 2 heterocycles. The van der Waals surface area contributed by atoms with Gasteiger partial charge in [0.1, 0.15) is 0 Å². The fourth-order valence-electron chi connectivity index (χ4n) is 3.04. The Morgan fingerprint density at radius 2 is 2.12 bits per heavy atom. The molecule has 6 nitrogen and oxygen atoms in total. The summed E-state index contributed by atoms with van der Waals surface area (Å²) in [6.07, 6.45) is 0.552. The molecule has 1 fully saturated rings. The molecule has 7 heteroatoms. The van der Waals surface area contributed by atoms with Crippen LogP contribution in [0.15, 0.2) is 29.3 Å². The first-order chi connectivity index (χ1) is 11.9. The topological polar surface area (TPSA) is 65.0 Å². The molecule has 1 N–H and O–H groups in total. The first kappa shape index (κ1) is 17.8. The molecule has 0 saturated carbocycles. The predicted octanol–water partition coefficient (Wildman–Crippen LogP) is 2.57. The summed E-state index contributed by atoms with van der Waals surface area (Å²) in [5, 5.41) is 3.67. The average Bonchev–Trinajstić information content (AvgIpc) is 2.91. The van der Waals surface area contributed by atoms with E-state index in [-0.39, 0.29) is 11.9 Å². The summed E-state index contributed by atoms with van der Waals surface area (Å²) >= 11 is 1.67. The second kappa shape index (κ2) is 7.07. The Bertz CT molecular complexity index is 721. The lowest BCUT2D eigenvalue weighted by atomic mass is 10.1. The normalized spacial score (nSPS) is 24.1. The smallest absolute Gasteiger partial charge is 0.325 e. The molecule has 2 aliphatic rings. The third kappa shape index (κ3) is 3.51. The van der Waals surface area contributed by atoms with Gasteiger partial charge >= 0.3 is 6.03 Å². The Morgan fingerprint density at radius 1 is 1.36 bits per heavy atom. The molecule has 0 bridgehead atoms. The van der Waals surface area contributed by atoms with Crippen molar-refractivity contribution in [2.75, 3.05) is 7.05 Å². The zero-order valence-corrected chi connectivity index (χ0v) is 15.8. The number of nitrogens with one attached hydrogen (secondary N) is 1. The van der Waals surface area contributed by atoms with Crippen LogP contribution in [0.1, 0.15) is 31.4 Å². The number of carbonyl (C=O) groups excluding carboxylic acids is 2. The molecule has 0 aliphatic carbocycles. The van der Waals surface area contributed by atoms with Crippen molar-refractivity contribution in [1.82, 2.24) is 15.1 Å². The van der Waals surface area contributed by atoms with E-state index in [1.54, 1.807) is 18.8 Å². The highest BCUT2D eigenvalue weighted by Gasteiger charge is 2.48. The second-order valence-corrected chi connectivity index (χ2v) is 8.03. The Balaban J connectivity index is 1.92. The molecule has 134 valence electrons. The second-order valence-electron chi connectivity index (χ2n) is 6.63. The van der Waals surface area contributed by atoms with Gasteiger partial charge < -0.3 is 9.80 Å². The minimum Gasteiger partial charge on any atom is -0.331 e. The van der Waals surface area contributed by atoms with E-state index in [2.05, 4.69) is 44.3 Å². The number of urea groups is 1. The first-order valence-corrected chi connectivity index (χ1v) is 9.43. The van der Waals surface area contributed by atoms with Crippen molar-refractivity contribution < 1.29 is 9.59 Å². The van der Waals surface area contributed by atoms with Crippen LogP contribution in [0.2, 0.25) is 0 Å². The standard InChI is InChI=1S/C18H24N4O2S/c1-5-12(3)25-18-19-15-14(16(23)20-17(24)21(15)4)22(18)10-13-8-6-7-11(2)9-13/h6-9,12,14-15H,5,10H2,1-4H3,(H,20,23,24).